The molecular weight excluding hydrogens is 248 g/mol. The van der Waals surface area contributed by atoms with Gasteiger partial charge in [-0.3, -0.25) is 5.43 Å². The van der Waals surface area contributed by atoms with Crippen molar-refractivity contribution in [3.05, 3.63) is 35.5 Å². The normalized spacial score (nSPS) is 11.4. The molecular formula is C11H10N6S. The standard InChI is InChI=1S/C11H10N6S/c1-7-5-18-10-9(7)14-6-15-11(10)17-16-4-8-12-2-3-13-8/h2-6H,1H3,(H,12,13)(H,14,15,17). The molecule has 0 fully saturated rings. The number of aromatic nitrogens is 4. The second kappa shape index (κ2) is 4.53. The molecule has 3 aromatic heterocycles. The van der Waals surface area contributed by atoms with Crippen LogP contribution in [-0.2, 0) is 0 Å². The van der Waals surface area contributed by atoms with Gasteiger partial charge in [0.05, 0.1) is 16.4 Å². The highest BCUT2D eigenvalue weighted by Gasteiger charge is 2.06. The molecule has 90 valence electrons. The molecule has 18 heavy (non-hydrogen) atoms. The number of nitrogens with zero attached hydrogens (tertiary/aromatic N) is 4. The first kappa shape index (κ1) is 10.8. The van der Waals surface area contributed by atoms with E-state index in [1.54, 1.807) is 29.9 Å². The molecule has 7 heteroatoms. The Balaban J connectivity index is 1.87. The second-order valence-electron chi connectivity index (χ2n) is 3.66. The number of hydrogen-bond donors (Lipinski definition) is 2. The number of aromatic amines is 1. The highest BCUT2D eigenvalue weighted by atomic mass is 32.1. The number of aryl methyl sites for hydroxylation is 1. The van der Waals surface area contributed by atoms with Crippen LogP contribution in [0.1, 0.15) is 11.4 Å². The third kappa shape index (κ3) is 1.95. The van der Waals surface area contributed by atoms with Crippen molar-refractivity contribution >= 4 is 33.6 Å². The van der Waals surface area contributed by atoms with Crippen LogP contribution in [0, 0.1) is 6.92 Å². The molecule has 0 radical (unpaired) electrons. The minimum atomic E-state index is 0.690. The number of hydrazone groups is 1. The molecule has 0 saturated heterocycles. The van der Waals surface area contributed by atoms with E-state index in [2.05, 4.69) is 35.8 Å². The topological polar surface area (TPSA) is 78.9 Å². The van der Waals surface area contributed by atoms with Crippen molar-refractivity contribution in [1.29, 1.82) is 0 Å². The van der Waals surface area contributed by atoms with Gasteiger partial charge in [-0.2, -0.15) is 5.10 Å². The van der Waals surface area contributed by atoms with Crippen LogP contribution in [0.3, 0.4) is 0 Å². The van der Waals surface area contributed by atoms with Gasteiger partial charge in [0.2, 0.25) is 0 Å². The molecule has 3 aromatic rings. The summed E-state index contributed by atoms with van der Waals surface area (Å²) in [5.74, 6) is 1.40. The zero-order valence-electron chi connectivity index (χ0n) is 9.58. The highest BCUT2D eigenvalue weighted by molar-refractivity contribution is 7.18. The van der Waals surface area contributed by atoms with E-state index in [9.17, 15) is 0 Å². The van der Waals surface area contributed by atoms with Crippen LogP contribution >= 0.6 is 11.3 Å². The van der Waals surface area contributed by atoms with Gasteiger partial charge in [-0.1, -0.05) is 0 Å². The van der Waals surface area contributed by atoms with Crippen molar-refractivity contribution in [2.45, 2.75) is 6.92 Å². The van der Waals surface area contributed by atoms with Crippen molar-refractivity contribution in [3.8, 4) is 0 Å². The number of nitrogens with one attached hydrogen (secondary N) is 2. The van der Waals surface area contributed by atoms with Crippen molar-refractivity contribution in [1.82, 2.24) is 19.9 Å². The lowest BCUT2D eigenvalue weighted by molar-refractivity contribution is 1.18. The highest BCUT2D eigenvalue weighted by Crippen LogP contribution is 2.28. The van der Waals surface area contributed by atoms with E-state index in [1.165, 1.54) is 6.33 Å². The molecule has 0 aliphatic rings. The van der Waals surface area contributed by atoms with Gasteiger partial charge < -0.3 is 4.98 Å². The molecule has 6 nitrogen and oxygen atoms in total. The molecule has 0 aromatic carbocycles. The van der Waals surface area contributed by atoms with E-state index < -0.39 is 0 Å². The lowest BCUT2D eigenvalue weighted by Gasteiger charge is -1.99. The van der Waals surface area contributed by atoms with E-state index in [-0.39, 0.29) is 0 Å². The fourth-order valence-corrected chi connectivity index (χ4v) is 2.49. The maximum atomic E-state index is 4.25. The maximum absolute atomic E-state index is 4.25. The molecule has 0 amide bonds. The molecule has 2 N–H and O–H groups in total. The van der Waals surface area contributed by atoms with Gasteiger partial charge >= 0.3 is 0 Å². The smallest absolute Gasteiger partial charge is 0.167 e. The molecule has 0 aliphatic heterocycles. The molecule has 0 aliphatic carbocycles. The van der Waals surface area contributed by atoms with Crippen LogP contribution in [0.2, 0.25) is 0 Å². The summed E-state index contributed by atoms with van der Waals surface area (Å²) in [7, 11) is 0. The summed E-state index contributed by atoms with van der Waals surface area (Å²) in [5.41, 5.74) is 5.02. The molecule has 3 heterocycles. The van der Waals surface area contributed by atoms with Crippen molar-refractivity contribution in [3.63, 3.8) is 0 Å². The van der Waals surface area contributed by atoms with Gasteiger partial charge in [0.15, 0.2) is 5.82 Å². The summed E-state index contributed by atoms with van der Waals surface area (Å²) in [5, 5.41) is 6.15. The largest absolute Gasteiger partial charge is 0.344 e. The van der Waals surface area contributed by atoms with E-state index in [0.717, 1.165) is 15.8 Å². The fraction of sp³-hybridized carbons (Fsp3) is 0.0909. The van der Waals surface area contributed by atoms with Crippen LogP contribution in [0.5, 0.6) is 0 Å². The van der Waals surface area contributed by atoms with Gasteiger partial charge in [0.1, 0.15) is 12.2 Å². The first-order valence-electron chi connectivity index (χ1n) is 5.32. The minimum absolute atomic E-state index is 0.690. The lowest BCUT2D eigenvalue weighted by atomic mass is 10.3. The van der Waals surface area contributed by atoms with Crippen molar-refractivity contribution < 1.29 is 0 Å². The van der Waals surface area contributed by atoms with Crippen molar-refractivity contribution in [2.75, 3.05) is 5.43 Å². The number of imidazole rings is 1. The second-order valence-corrected chi connectivity index (χ2v) is 4.54. The number of rotatable bonds is 3. The Hall–Kier alpha value is -2.28. The molecule has 0 spiro atoms. The molecule has 0 bridgehead atoms. The Morgan fingerprint density at radius 2 is 2.33 bits per heavy atom. The average molecular weight is 258 g/mol. The Morgan fingerprint density at radius 3 is 3.17 bits per heavy atom. The van der Waals surface area contributed by atoms with Crippen LogP contribution in [0.15, 0.2) is 29.2 Å². The van der Waals surface area contributed by atoms with E-state index >= 15 is 0 Å². The Labute approximate surface area is 107 Å². The Kier molecular flexibility index (Phi) is 2.73. The van der Waals surface area contributed by atoms with Crippen LogP contribution in [0.25, 0.3) is 10.2 Å². The number of fused-ring (bicyclic) bond motifs is 1. The van der Waals surface area contributed by atoms with Crippen molar-refractivity contribution in [2.24, 2.45) is 5.10 Å². The predicted octanol–water partition coefficient (Wildman–Crippen LogP) is 2.17. The van der Waals surface area contributed by atoms with E-state index in [4.69, 9.17) is 0 Å². The van der Waals surface area contributed by atoms with Crippen LogP contribution in [-0.4, -0.2) is 26.2 Å². The SMILES string of the molecule is Cc1csc2c(NN=Cc3ncc[nH]3)ncnc12. The fourth-order valence-electron chi connectivity index (χ4n) is 1.55. The van der Waals surface area contributed by atoms with Gasteiger partial charge in [-0.15, -0.1) is 11.3 Å². The lowest BCUT2D eigenvalue weighted by Crippen LogP contribution is -1.95. The van der Waals surface area contributed by atoms with Gasteiger partial charge in [0, 0.05) is 12.4 Å². The summed E-state index contributed by atoms with van der Waals surface area (Å²) in [6.45, 7) is 2.03. The third-order valence-electron chi connectivity index (χ3n) is 2.41. The predicted molar refractivity (Wildman–Crippen MR) is 72.0 cm³/mol. The molecule has 3 rings (SSSR count). The number of thiophene rings is 1. The van der Waals surface area contributed by atoms with Gasteiger partial charge in [0.25, 0.3) is 0 Å². The molecule has 0 unspecified atom stereocenters. The van der Waals surface area contributed by atoms with E-state index in [1.807, 2.05) is 6.92 Å². The molecule has 0 saturated carbocycles. The number of hydrogen-bond acceptors (Lipinski definition) is 6. The summed E-state index contributed by atoms with van der Waals surface area (Å²) in [6, 6.07) is 0. The number of H-pyrrole nitrogens is 1. The van der Waals surface area contributed by atoms with Gasteiger partial charge in [-0.25, -0.2) is 15.0 Å². The average Bonchev–Trinajstić information content (AvgIpc) is 3.01. The summed E-state index contributed by atoms with van der Waals surface area (Å²) in [6.07, 6.45) is 6.56. The number of anilines is 1. The Bertz CT molecular complexity index is 685. The van der Waals surface area contributed by atoms with Crippen LogP contribution < -0.4 is 5.43 Å². The molecule has 0 atom stereocenters. The third-order valence-corrected chi connectivity index (χ3v) is 3.50. The summed E-state index contributed by atoms with van der Waals surface area (Å²) in [4.78, 5) is 15.4. The minimum Gasteiger partial charge on any atom is -0.344 e. The zero-order valence-corrected chi connectivity index (χ0v) is 10.4. The summed E-state index contributed by atoms with van der Waals surface area (Å²) >= 11 is 1.60. The van der Waals surface area contributed by atoms with Crippen LogP contribution in [0.4, 0.5) is 5.82 Å². The first-order valence-corrected chi connectivity index (χ1v) is 6.20. The monoisotopic (exact) mass is 258 g/mol. The maximum Gasteiger partial charge on any atom is 0.167 e. The van der Waals surface area contributed by atoms with Gasteiger partial charge in [-0.05, 0) is 17.9 Å². The summed E-state index contributed by atoms with van der Waals surface area (Å²) < 4.78 is 1.01. The zero-order chi connectivity index (χ0) is 12.4. The quantitative estimate of drug-likeness (QED) is 0.557. The van der Waals surface area contributed by atoms with E-state index in [0.29, 0.717) is 11.6 Å². The Morgan fingerprint density at radius 1 is 1.39 bits per heavy atom. The first-order chi connectivity index (χ1) is 8.84.